The van der Waals surface area contributed by atoms with Crippen molar-refractivity contribution in [2.45, 2.75) is 13.3 Å². The van der Waals surface area contributed by atoms with E-state index in [4.69, 9.17) is 0 Å². The van der Waals surface area contributed by atoms with Crippen LogP contribution in [-0.2, 0) is 0 Å². The molecule has 0 amide bonds. The summed E-state index contributed by atoms with van der Waals surface area (Å²) < 4.78 is 0. The van der Waals surface area contributed by atoms with Crippen LogP contribution in [0.25, 0.3) is 0 Å². The summed E-state index contributed by atoms with van der Waals surface area (Å²) in [5.41, 5.74) is 0. The molecule has 1 aliphatic heterocycles. The minimum atomic E-state index is 0.816. The maximum atomic E-state index is 4.26. The van der Waals surface area contributed by atoms with E-state index in [0.717, 1.165) is 25.5 Å². The average molecular weight is 153 g/mol. The number of hydrogen-bond donors (Lipinski definition) is 2. The first-order valence-corrected chi connectivity index (χ1v) is 4.09. The van der Waals surface area contributed by atoms with Gasteiger partial charge in [0.2, 0.25) is 0 Å². The smallest absolute Gasteiger partial charge is 0.115 e. The van der Waals surface area contributed by atoms with Gasteiger partial charge in [-0.2, -0.15) is 0 Å². The van der Waals surface area contributed by atoms with Gasteiger partial charge in [-0.25, -0.2) is 0 Å². The SMILES string of the molecule is CCCNCC1=NCC=CN1. The fourth-order valence-electron chi connectivity index (χ4n) is 0.907. The normalized spacial score (nSPS) is 15.9. The van der Waals surface area contributed by atoms with Crippen molar-refractivity contribution in [3.05, 3.63) is 12.3 Å². The third kappa shape index (κ3) is 3.18. The van der Waals surface area contributed by atoms with Gasteiger partial charge in [-0.15, -0.1) is 0 Å². The molecule has 0 radical (unpaired) electrons. The lowest BCUT2D eigenvalue weighted by Crippen LogP contribution is -2.33. The molecule has 0 aromatic heterocycles. The molecule has 0 saturated heterocycles. The Hall–Kier alpha value is -0.830. The Kier molecular flexibility index (Phi) is 3.69. The number of amidine groups is 1. The average Bonchev–Trinajstić information content (AvgIpc) is 2.07. The Morgan fingerprint density at radius 2 is 2.64 bits per heavy atom. The lowest BCUT2D eigenvalue weighted by atomic mass is 10.4. The van der Waals surface area contributed by atoms with Crippen LogP contribution in [0.1, 0.15) is 13.3 Å². The second-order valence-electron chi connectivity index (χ2n) is 2.51. The van der Waals surface area contributed by atoms with Crippen molar-refractivity contribution in [1.29, 1.82) is 0 Å². The highest BCUT2D eigenvalue weighted by Crippen LogP contribution is 1.84. The van der Waals surface area contributed by atoms with Gasteiger partial charge in [-0.3, -0.25) is 4.99 Å². The minimum Gasteiger partial charge on any atom is -0.350 e. The summed E-state index contributed by atoms with van der Waals surface area (Å²) in [6.07, 6.45) is 5.11. The first-order chi connectivity index (χ1) is 5.43. The predicted octanol–water partition coefficient (Wildman–Crippen LogP) is 0.501. The van der Waals surface area contributed by atoms with Gasteiger partial charge < -0.3 is 10.6 Å². The molecule has 0 aliphatic carbocycles. The quantitative estimate of drug-likeness (QED) is 0.577. The van der Waals surface area contributed by atoms with E-state index >= 15 is 0 Å². The molecule has 3 heteroatoms. The summed E-state index contributed by atoms with van der Waals surface area (Å²) in [7, 11) is 0. The molecular weight excluding hydrogens is 138 g/mol. The Morgan fingerprint density at radius 3 is 3.27 bits per heavy atom. The van der Waals surface area contributed by atoms with Gasteiger partial charge in [0.25, 0.3) is 0 Å². The number of aliphatic imine (C=N–C) groups is 1. The van der Waals surface area contributed by atoms with Crippen LogP contribution in [-0.4, -0.2) is 25.5 Å². The maximum Gasteiger partial charge on any atom is 0.115 e. The Labute approximate surface area is 67.6 Å². The lowest BCUT2D eigenvalue weighted by molar-refractivity contribution is 0.733. The lowest BCUT2D eigenvalue weighted by Gasteiger charge is -2.09. The Morgan fingerprint density at radius 1 is 1.73 bits per heavy atom. The van der Waals surface area contributed by atoms with E-state index in [9.17, 15) is 0 Å². The molecule has 0 spiro atoms. The molecule has 0 fully saturated rings. The molecule has 1 heterocycles. The second kappa shape index (κ2) is 4.91. The highest BCUT2D eigenvalue weighted by molar-refractivity contribution is 5.85. The minimum absolute atomic E-state index is 0.816. The van der Waals surface area contributed by atoms with E-state index in [1.54, 1.807) is 0 Å². The molecule has 1 rings (SSSR count). The van der Waals surface area contributed by atoms with Gasteiger partial charge in [-0.05, 0) is 25.2 Å². The van der Waals surface area contributed by atoms with Crippen molar-refractivity contribution in [3.8, 4) is 0 Å². The topological polar surface area (TPSA) is 36.4 Å². The first-order valence-electron chi connectivity index (χ1n) is 4.09. The van der Waals surface area contributed by atoms with Crippen molar-refractivity contribution in [2.24, 2.45) is 4.99 Å². The van der Waals surface area contributed by atoms with Gasteiger partial charge in [0.05, 0.1) is 13.1 Å². The number of hydrogen-bond acceptors (Lipinski definition) is 3. The zero-order valence-electron chi connectivity index (χ0n) is 6.93. The molecule has 0 saturated carbocycles. The van der Waals surface area contributed by atoms with E-state index in [1.165, 1.54) is 6.42 Å². The molecule has 0 atom stereocenters. The summed E-state index contributed by atoms with van der Waals surface area (Å²) >= 11 is 0. The third-order valence-electron chi connectivity index (χ3n) is 1.47. The van der Waals surface area contributed by atoms with Crippen LogP contribution in [0.2, 0.25) is 0 Å². The standard InChI is InChI=1S/C8H15N3/c1-2-4-9-7-8-10-5-3-6-11-8/h3,5,9H,2,4,6-7H2,1H3,(H,10,11). The fraction of sp³-hybridized carbons (Fsp3) is 0.625. The number of rotatable bonds is 4. The fourth-order valence-corrected chi connectivity index (χ4v) is 0.907. The summed E-state index contributed by atoms with van der Waals surface area (Å²) in [6.45, 7) is 4.89. The van der Waals surface area contributed by atoms with Crippen molar-refractivity contribution in [3.63, 3.8) is 0 Å². The monoisotopic (exact) mass is 153 g/mol. The van der Waals surface area contributed by atoms with Crippen LogP contribution >= 0.6 is 0 Å². The van der Waals surface area contributed by atoms with Gasteiger partial charge in [-0.1, -0.05) is 6.92 Å². The van der Waals surface area contributed by atoms with E-state index < -0.39 is 0 Å². The molecule has 1 aliphatic rings. The van der Waals surface area contributed by atoms with Gasteiger partial charge in [0.15, 0.2) is 0 Å². The van der Waals surface area contributed by atoms with Crippen LogP contribution in [0.15, 0.2) is 17.3 Å². The second-order valence-corrected chi connectivity index (χ2v) is 2.51. The molecule has 0 unspecified atom stereocenters. The predicted molar refractivity (Wildman–Crippen MR) is 47.7 cm³/mol. The number of nitrogens with zero attached hydrogens (tertiary/aromatic N) is 1. The highest BCUT2D eigenvalue weighted by atomic mass is 15.0. The summed E-state index contributed by atoms with van der Waals surface area (Å²) in [6, 6.07) is 0. The molecule has 0 aromatic carbocycles. The maximum absolute atomic E-state index is 4.26. The third-order valence-corrected chi connectivity index (χ3v) is 1.47. The molecule has 3 nitrogen and oxygen atoms in total. The Balaban J connectivity index is 2.11. The largest absolute Gasteiger partial charge is 0.350 e. The summed E-state index contributed by atoms with van der Waals surface area (Å²) in [4.78, 5) is 4.26. The van der Waals surface area contributed by atoms with Crippen molar-refractivity contribution in [1.82, 2.24) is 10.6 Å². The van der Waals surface area contributed by atoms with Crippen molar-refractivity contribution < 1.29 is 0 Å². The van der Waals surface area contributed by atoms with Crippen molar-refractivity contribution in [2.75, 3.05) is 19.6 Å². The highest BCUT2D eigenvalue weighted by Gasteiger charge is 1.96. The zero-order valence-corrected chi connectivity index (χ0v) is 6.93. The zero-order chi connectivity index (χ0) is 7.94. The van der Waals surface area contributed by atoms with Crippen LogP contribution in [0.4, 0.5) is 0 Å². The Bertz CT molecular complexity index is 161. The van der Waals surface area contributed by atoms with Crippen LogP contribution < -0.4 is 10.6 Å². The van der Waals surface area contributed by atoms with Gasteiger partial charge >= 0.3 is 0 Å². The summed E-state index contributed by atoms with van der Waals surface area (Å²) in [5, 5.41) is 6.36. The molecule has 62 valence electrons. The molecule has 2 N–H and O–H groups in total. The molecule has 0 bridgehead atoms. The van der Waals surface area contributed by atoms with Crippen LogP contribution in [0.3, 0.4) is 0 Å². The molecular formula is C8H15N3. The number of nitrogens with one attached hydrogen (secondary N) is 2. The van der Waals surface area contributed by atoms with Crippen molar-refractivity contribution >= 4 is 5.84 Å². The molecule has 11 heavy (non-hydrogen) atoms. The van der Waals surface area contributed by atoms with E-state index in [2.05, 4.69) is 22.5 Å². The van der Waals surface area contributed by atoms with E-state index in [1.807, 2.05) is 12.3 Å². The van der Waals surface area contributed by atoms with E-state index in [-0.39, 0.29) is 0 Å². The summed E-state index contributed by atoms with van der Waals surface area (Å²) in [5.74, 6) is 1.04. The van der Waals surface area contributed by atoms with Gasteiger partial charge in [0.1, 0.15) is 5.84 Å². The first kappa shape index (κ1) is 8.27. The van der Waals surface area contributed by atoms with Crippen LogP contribution in [0.5, 0.6) is 0 Å². The molecule has 0 aromatic rings. The van der Waals surface area contributed by atoms with Crippen LogP contribution in [0, 0.1) is 0 Å². The van der Waals surface area contributed by atoms with E-state index in [0.29, 0.717) is 0 Å². The van der Waals surface area contributed by atoms with Gasteiger partial charge in [0, 0.05) is 0 Å².